The average molecular weight is 437 g/mol. The average Bonchev–Trinajstić information content (AvgIpc) is 3.11. The fourth-order valence-corrected chi connectivity index (χ4v) is 4.61. The second-order valence-electron chi connectivity index (χ2n) is 6.70. The Kier molecular flexibility index (Phi) is 6.56. The van der Waals surface area contributed by atoms with E-state index in [1.807, 2.05) is 29.2 Å². The number of nitrogens with zero attached hydrogens (tertiary/aromatic N) is 1. The normalized spacial score (nSPS) is 14.3. The van der Waals surface area contributed by atoms with Crippen molar-refractivity contribution in [1.29, 1.82) is 0 Å². The Labute approximate surface area is 174 Å². The third-order valence-electron chi connectivity index (χ3n) is 4.68. The highest BCUT2D eigenvalue weighted by atomic mass is 35.5. The molecule has 1 heterocycles. The number of hydrogen-bond acceptors (Lipinski definition) is 5. The summed E-state index contributed by atoms with van der Waals surface area (Å²) in [5.74, 6) is -0.488. The predicted octanol–water partition coefficient (Wildman–Crippen LogP) is 2.73. The van der Waals surface area contributed by atoms with E-state index < -0.39 is 16.0 Å². The van der Waals surface area contributed by atoms with Crippen LogP contribution in [0.2, 0.25) is 5.02 Å². The van der Waals surface area contributed by atoms with Crippen molar-refractivity contribution in [2.75, 3.05) is 13.7 Å². The second kappa shape index (κ2) is 8.94. The van der Waals surface area contributed by atoms with Crippen LogP contribution in [0, 0.1) is 0 Å². The fourth-order valence-electron chi connectivity index (χ4n) is 3.06. The first kappa shape index (κ1) is 21.3. The van der Waals surface area contributed by atoms with Gasteiger partial charge in [0, 0.05) is 26.1 Å². The van der Waals surface area contributed by atoms with Crippen LogP contribution in [0.5, 0.6) is 0 Å². The maximum Gasteiger partial charge on any atom is 0.337 e. The third-order valence-corrected chi connectivity index (χ3v) is 6.56. The van der Waals surface area contributed by atoms with Gasteiger partial charge in [0.1, 0.15) is 4.90 Å². The van der Waals surface area contributed by atoms with Crippen LogP contribution in [-0.2, 0) is 32.6 Å². The van der Waals surface area contributed by atoms with Crippen molar-refractivity contribution in [3.63, 3.8) is 0 Å². The molecule has 1 amide bonds. The second-order valence-corrected chi connectivity index (χ2v) is 8.84. The lowest BCUT2D eigenvalue weighted by molar-refractivity contribution is -0.128. The van der Waals surface area contributed by atoms with Gasteiger partial charge in [-0.1, -0.05) is 35.9 Å². The van der Waals surface area contributed by atoms with Crippen LogP contribution in [0.15, 0.2) is 47.4 Å². The fraction of sp³-hybridized carbons (Fsp3) is 0.300. The number of amides is 1. The number of rotatable bonds is 7. The zero-order chi connectivity index (χ0) is 21.0. The summed E-state index contributed by atoms with van der Waals surface area (Å²) in [6.45, 7) is 1.39. The quantitative estimate of drug-likeness (QED) is 0.673. The monoisotopic (exact) mass is 436 g/mol. The van der Waals surface area contributed by atoms with Gasteiger partial charge in [0.15, 0.2) is 0 Å². The first-order valence-electron chi connectivity index (χ1n) is 9.03. The molecule has 1 aliphatic rings. The molecule has 0 spiro atoms. The van der Waals surface area contributed by atoms with Crippen molar-refractivity contribution in [2.24, 2.45) is 0 Å². The van der Waals surface area contributed by atoms with Crippen molar-refractivity contribution in [3.05, 3.63) is 64.2 Å². The van der Waals surface area contributed by atoms with Gasteiger partial charge in [-0.05, 0) is 35.7 Å². The Hall–Kier alpha value is -2.42. The number of likely N-dealkylation sites (tertiary alicyclic amines) is 1. The SMILES string of the molecule is COC(=O)c1ccc(Cl)c(S(=O)(=O)NCc2ccc(CN3CCCC3=O)cc2)c1. The summed E-state index contributed by atoms with van der Waals surface area (Å²) in [5.41, 5.74) is 1.84. The van der Waals surface area contributed by atoms with Gasteiger partial charge in [-0.15, -0.1) is 0 Å². The number of nitrogens with one attached hydrogen (secondary N) is 1. The standard InChI is InChI=1S/C20H21ClN2O5S/c1-28-20(25)16-8-9-17(21)18(11-16)29(26,27)22-12-14-4-6-15(7-5-14)13-23-10-2-3-19(23)24/h4-9,11,22H,2-3,10,12-13H2,1H3. The number of esters is 1. The van der Waals surface area contributed by atoms with Gasteiger partial charge in [-0.25, -0.2) is 17.9 Å². The molecule has 0 aromatic heterocycles. The van der Waals surface area contributed by atoms with E-state index in [1.165, 1.54) is 25.3 Å². The van der Waals surface area contributed by atoms with Crippen molar-refractivity contribution < 1.29 is 22.7 Å². The molecule has 0 unspecified atom stereocenters. The van der Waals surface area contributed by atoms with E-state index in [0.29, 0.717) is 13.0 Å². The lowest BCUT2D eigenvalue weighted by Gasteiger charge is -2.15. The molecule has 0 radical (unpaired) electrons. The van der Waals surface area contributed by atoms with Crippen LogP contribution in [0.1, 0.15) is 34.3 Å². The zero-order valence-corrected chi connectivity index (χ0v) is 17.4. The Balaban J connectivity index is 1.67. The van der Waals surface area contributed by atoms with Gasteiger partial charge < -0.3 is 9.64 Å². The minimum atomic E-state index is -3.93. The van der Waals surface area contributed by atoms with Gasteiger partial charge in [0.2, 0.25) is 15.9 Å². The molecule has 0 saturated carbocycles. The van der Waals surface area contributed by atoms with E-state index in [9.17, 15) is 18.0 Å². The molecule has 0 aliphatic carbocycles. The Bertz CT molecular complexity index is 1020. The number of halogens is 1. The first-order valence-corrected chi connectivity index (χ1v) is 10.9. The summed E-state index contributed by atoms with van der Waals surface area (Å²) in [4.78, 5) is 25.0. The summed E-state index contributed by atoms with van der Waals surface area (Å²) in [6.07, 6.45) is 1.48. The van der Waals surface area contributed by atoms with Crippen molar-refractivity contribution in [1.82, 2.24) is 9.62 Å². The third kappa shape index (κ3) is 5.14. The van der Waals surface area contributed by atoms with E-state index in [2.05, 4.69) is 9.46 Å². The highest BCUT2D eigenvalue weighted by Gasteiger charge is 2.21. The van der Waals surface area contributed by atoms with Crippen LogP contribution >= 0.6 is 11.6 Å². The molecule has 9 heteroatoms. The van der Waals surface area contributed by atoms with E-state index in [0.717, 1.165) is 24.1 Å². The first-order chi connectivity index (χ1) is 13.8. The number of benzene rings is 2. The summed E-state index contributed by atoms with van der Waals surface area (Å²) in [6, 6.07) is 11.3. The summed E-state index contributed by atoms with van der Waals surface area (Å²) < 4.78 is 32.4. The smallest absolute Gasteiger partial charge is 0.337 e. The number of carbonyl (C=O) groups is 2. The molecule has 1 aliphatic heterocycles. The van der Waals surface area contributed by atoms with Gasteiger partial charge in [0.25, 0.3) is 0 Å². The highest BCUT2D eigenvalue weighted by molar-refractivity contribution is 7.89. The molecule has 3 rings (SSSR count). The number of ether oxygens (including phenoxy) is 1. The molecular weight excluding hydrogens is 416 g/mol. The lowest BCUT2D eigenvalue weighted by atomic mass is 10.1. The molecule has 7 nitrogen and oxygen atoms in total. The highest BCUT2D eigenvalue weighted by Crippen LogP contribution is 2.23. The maximum absolute atomic E-state index is 12.6. The maximum atomic E-state index is 12.6. The van der Waals surface area contributed by atoms with Crippen molar-refractivity contribution >= 4 is 33.5 Å². The predicted molar refractivity (Wildman–Crippen MR) is 108 cm³/mol. The minimum Gasteiger partial charge on any atom is -0.465 e. The molecular formula is C20H21ClN2O5S. The number of sulfonamides is 1. The molecule has 154 valence electrons. The zero-order valence-electron chi connectivity index (χ0n) is 15.9. The number of carbonyl (C=O) groups excluding carboxylic acids is 2. The van der Waals surface area contributed by atoms with Crippen LogP contribution in [0.3, 0.4) is 0 Å². The van der Waals surface area contributed by atoms with Gasteiger partial charge in [-0.2, -0.15) is 0 Å². The van der Waals surface area contributed by atoms with Crippen molar-refractivity contribution in [3.8, 4) is 0 Å². The van der Waals surface area contributed by atoms with Crippen LogP contribution in [0.4, 0.5) is 0 Å². The molecule has 0 atom stereocenters. The lowest BCUT2D eigenvalue weighted by Crippen LogP contribution is -2.24. The molecule has 2 aromatic carbocycles. The van der Waals surface area contributed by atoms with E-state index >= 15 is 0 Å². The number of hydrogen-bond donors (Lipinski definition) is 1. The van der Waals surface area contributed by atoms with Crippen LogP contribution < -0.4 is 4.72 Å². The Morgan fingerprint density at radius 1 is 1.17 bits per heavy atom. The Morgan fingerprint density at radius 3 is 2.48 bits per heavy atom. The number of methoxy groups -OCH3 is 1. The summed E-state index contributed by atoms with van der Waals surface area (Å²) >= 11 is 6.02. The molecule has 0 bridgehead atoms. The van der Waals surface area contributed by atoms with E-state index in [-0.39, 0.29) is 27.9 Å². The molecule has 1 fully saturated rings. The topological polar surface area (TPSA) is 92.8 Å². The molecule has 1 saturated heterocycles. The van der Waals surface area contributed by atoms with Gasteiger partial charge >= 0.3 is 5.97 Å². The van der Waals surface area contributed by atoms with E-state index in [1.54, 1.807) is 0 Å². The Morgan fingerprint density at radius 2 is 1.86 bits per heavy atom. The van der Waals surface area contributed by atoms with Crippen molar-refractivity contribution in [2.45, 2.75) is 30.8 Å². The summed E-state index contributed by atoms with van der Waals surface area (Å²) in [5, 5.41) is 0.00998. The molecule has 1 N–H and O–H groups in total. The molecule has 29 heavy (non-hydrogen) atoms. The van der Waals surface area contributed by atoms with Crippen LogP contribution in [-0.4, -0.2) is 38.8 Å². The molecule has 2 aromatic rings. The minimum absolute atomic E-state index is 0.00998. The van der Waals surface area contributed by atoms with Gasteiger partial charge in [0.05, 0.1) is 17.7 Å². The van der Waals surface area contributed by atoms with Gasteiger partial charge in [-0.3, -0.25) is 4.79 Å². The van der Waals surface area contributed by atoms with Crippen LogP contribution in [0.25, 0.3) is 0 Å². The van der Waals surface area contributed by atoms with E-state index in [4.69, 9.17) is 11.6 Å². The largest absolute Gasteiger partial charge is 0.465 e. The summed E-state index contributed by atoms with van der Waals surface area (Å²) in [7, 11) is -2.72.